The van der Waals surface area contributed by atoms with E-state index in [2.05, 4.69) is 0 Å². The zero-order chi connectivity index (χ0) is 17.3. The first-order valence-corrected chi connectivity index (χ1v) is 8.27. The number of fused-ring (bicyclic) bond motifs is 1. The number of imide groups is 1. The third-order valence-electron chi connectivity index (χ3n) is 3.82. The molecular weight excluding hydrogens is 328 g/mol. The van der Waals surface area contributed by atoms with Crippen LogP contribution in [0.3, 0.4) is 0 Å². The van der Waals surface area contributed by atoms with Crippen LogP contribution in [0.2, 0.25) is 0 Å². The molecule has 2 amide bonds. The third kappa shape index (κ3) is 2.82. The Bertz CT molecular complexity index is 869. The molecule has 1 saturated heterocycles. The Kier molecular flexibility index (Phi) is 4.44. The van der Waals surface area contributed by atoms with Crippen molar-refractivity contribution < 1.29 is 19.1 Å². The Morgan fingerprint density at radius 3 is 2.71 bits per heavy atom. The summed E-state index contributed by atoms with van der Waals surface area (Å²) in [5.41, 5.74) is 1.65. The van der Waals surface area contributed by atoms with Crippen LogP contribution >= 0.6 is 11.8 Å². The van der Waals surface area contributed by atoms with Gasteiger partial charge in [0.05, 0.1) is 12.0 Å². The van der Waals surface area contributed by atoms with Gasteiger partial charge in [0.2, 0.25) is 0 Å². The number of likely N-dealkylation sites (N-methyl/N-ethyl adjacent to an activating group) is 1. The molecule has 2 aromatic rings. The minimum atomic E-state index is -0.353. The molecule has 0 N–H and O–H groups in total. The Hall–Kier alpha value is -2.54. The van der Waals surface area contributed by atoms with Gasteiger partial charge in [-0.1, -0.05) is 18.2 Å². The van der Waals surface area contributed by atoms with Crippen LogP contribution < -0.4 is 0 Å². The molecule has 3 rings (SSSR count). The van der Waals surface area contributed by atoms with E-state index < -0.39 is 0 Å². The van der Waals surface area contributed by atoms with Crippen LogP contribution in [0.4, 0.5) is 4.79 Å². The highest BCUT2D eigenvalue weighted by atomic mass is 32.2. The molecule has 0 aliphatic carbocycles. The van der Waals surface area contributed by atoms with E-state index in [0.717, 1.165) is 28.2 Å². The van der Waals surface area contributed by atoms with E-state index in [9.17, 15) is 14.4 Å². The van der Waals surface area contributed by atoms with Crippen molar-refractivity contribution >= 4 is 45.9 Å². The van der Waals surface area contributed by atoms with E-state index in [4.69, 9.17) is 4.74 Å². The molecule has 0 atom stereocenters. The van der Waals surface area contributed by atoms with Crippen molar-refractivity contribution in [3.05, 3.63) is 40.9 Å². The number of amides is 2. The summed E-state index contributed by atoms with van der Waals surface area (Å²) in [4.78, 5) is 37.3. The molecule has 0 saturated carbocycles. The normalized spacial score (nSPS) is 16.4. The van der Waals surface area contributed by atoms with Gasteiger partial charge in [0, 0.05) is 29.2 Å². The fraction of sp³-hybridized carbons (Fsp3) is 0.235. The minimum absolute atomic E-state index is 0.0846. The number of ether oxygens (including phenoxy) is 1. The van der Waals surface area contributed by atoms with Crippen molar-refractivity contribution in [2.24, 2.45) is 0 Å². The number of carbonyl (C=O) groups excluding carboxylic acids is 3. The molecule has 2 heterocycles. The Labute approximate surface area is 143 Å². The average molecular weight is 344 g/mol. The number of hydrogen-bond donors (Lipinski definition) is 0. The summed E-state index contributed by atoms with van der Waals surface area (Å²) in [6.45, 7) is 2.20. The number of para-hydroxylation sites is 1. The van der Waals surface area contributed by atoms with Gasteiger partial charge in [0.15, 0.2) is 0 Å². The number of methoxy groups -OCH3 is 1. The topological polar surface area (TPSA) is 68.6 Å². The lowest BCUT2D eigenvalue weighted by Gasteiger charge is -2.06. The maximum Gasteiger partial charge on any atom is 0.325 e. The van der Waals surface area contributed by atoms with Crippen LogP contribution in [0, 0.1) is 0 Å². The maximum absolute atomic E-state index is 12.3. The van der Waals surface area contributed by atoms with E-state index in [1.807, 2.05) is 24.3 Å². The zero-order valence-corrected chi connectivity index (χ0v) is 14.1. The number of benzene rings is 1. The number of aromatic nitrogens is 1. The molecule has 0 radical (unpaired) electrons. The van der Waals surface area contributed by atoms with Crippen LogP contribution in [0.5, 0.6) is 0 Å². The summed E-state index contributed by atoms with van der Waals surface area (Å²) in [7, 11) is 1.34. The first-order chi connectivity index (χ1) is 11.5. The number of rotatable bonds is 4. The quantitative estimate of drug-likeness (QED) is 0.630. The van der Waals surface area contributed by atoms with Gasteiger partial charge < -0.3 is 9.30 Å². The van der Waals surface area contributed by atoms with Crippen LogP contribution in [0.25, 0.3) is 17.0 Å². The summed E-state index contributed by atoms with van der Waals surface area (Å²) in [6, 6.07) is 7.58. The summed E-state index contributed by atoms with van der Waals surface area (Å²) in [5.74, 6) is -0.633. The molecule has 1 aromatic heterocycles. The molecule has 0 spiro atoms. The predicted octanol–water partition coefficient (Wildman–Crippen LogP) is 2.87. The van der Waals surface area contributed by atoms with Crippen LogP contribution in [-0.2, 0) is 20.9 Å². The SMILES string of the molecule is CCN1C(=O)S/C(=C\c2cn(CC(=O)OC)c3ccccc23)C1=O. The molecule has 6 nitrogen and oxygen atoms in total. The Morgan fingerprint density at radius 2 is 2.04 bits per heavy atom. The minimum Gasteiger partial charge on any atom is -0.468 e. The lowest BCUT2D eigenvalue weighted by atomic mass is 10.1. The first kappa shape index (κ1) is 16.3. The Balaban J connectivity index is 2.04. The van der Waals surface area contributed by atoms with Crippen molar-refractivity contribution in [2.75, 3.05) is 13.7 Å². The van der Waals surface area contributed by atoms with E-state index in [-0.39, 0.29) is 23.7 Å². The number of carbonyl (C=O) groups is 3. The second-order valence-corrected chi connectivity index (χ2v) is 6.22. The monoisotopic (exact) mass is 344 g/mol. The van der Waals surface area contributed by atoms with E-state index in [1.165, 1.54) is 12.0 Å². The van der Waals surface area contributed by atoms with Crippen molar-refractivity contribution in [1.82, 2.24) is 9.47 Å². The summed E-state index contributed by atoms with van der Waals surface area (Å²) < 4.78 is 6.50. The van der Waals surface area contributed by atoms with Gasteiger partial charge in [0.1, 0.15) is 6.54 Å². The Morgan fingerprint density at radius 1 is 1.29 bits per heavy atom. The van der Waals surface area contributed by atoms with Crippen LogP contribution in [0.15, 0.2) is 35.4 Å². The van der Waals surface area contributed by atoms with Crippen molar-refractivity contribution in [2.45, 2.75) is 13.5 Å². The van der Waals surface area contributed by atoms with Gasteiger partial charge in [-0.25, -0.2) is 0 Å². The lowest BCUT2D eigenvalue weighted by Crippen LogP contribution is -2.27. The van der Waals surface area contributed by atoms with Gasteiger partial charge >= 0.3 is 5.97 Å². The second kappa shape index (κ2) is 6.52. The molecular formula is C17H16N2O4S. The van der Waals surface area contributed by atoms with E-state index >= 15 is 0 Å². The van der Waals surface area contributed by atoms with Gasteiger partial charge in [0.25, 0.3) is 11.1 Å². The van der Waals surface area contributed by atoms with Gasteiger partial charge in [-0.3, -0.25) is 19.3 Å². The molecule has 1 aliphatic rings. The molecule has 0 bridgehead atoms. The largest absolute Gasteiger partial charge is 0.468 e. The number of nitrogens with zero attached hydrogens (tertiary/aromatic N) is 2. The van der Waals surface area contributed by atoms with Crippen molar-refractivity contribution in [3.63, 3.8) is 0 Å². The summed E-state index contributed by atoms with van der Waals surface area (Å²) in [6.07, 6.45) is 3.50. The molecule has 124 valence electrons. The molecule has 7 heteroatoms. The smallest absolute Gasteiger partial charge is 0.325 e. The number of thioether (sulfide) groups is 1. The first-order valence-electron chi connectivity index (χ1n) is 7.45. The van der Waals surface area contributed by atoms with E-state index in [1.54, 1.807) is 23.8 Å². The fourth-order valence-corrected chi connectivity index (χ4v) is 3.53. The lowest BCUT2D eigenvalue weighted by molar-refractivity contribution is -0.141. The van der Waals surface area contributed by atoms with Gasteiger partial charge in [-0.05, 0) is 30.8 Å². The van der Waals surface area contributed by atoms with E-state index in [0.29, 0.717) is 11.4 Å². The zero-order valence-electron chi connectivity index (χ0n) is 13.3. The third-order valence-corrected chi connectivity index (χ3v) is 4.73. The van der Waals surface area contributed by atoms with Gasteiger partial charge in [-0.15, -0.1) is 0 Å². The highest BCUT2D eigenvalue weighted by Crippen LogP contribution is 2.33. The molecule has 1 aliphatic heterocycles. The number of esters is 1. The maximum atomic E-state index is 12.3. The standard InChI is InChI=1S/C17H16N2O4S/c1-3-19-16(21)14(24-17(19)22)8-11-9-18(10-15(20)23-2)13-7-5-4-6-12(11)13/h4-9H,3,10H2,1-2H3/b14-8-. The highest BCUT2D eigenvalue weighted by Gasteiger charge is 2.33. The fourth-order valence-electron chi connectivity index (χ4n) is 2.64. The summed E-state index contributed by atoms with van der Waals surface area (Å²) >= 11 is 0.935. The highest BCUT2D eigenvalue weighted by molar-refractivity contribution is 8.18. The summed E-state index contributed by atoms with van der Waals surface area (Å²) in [5, 5.41) is 0.650. The second-order valence-electron chi connectivity index (χ2n) is 5.23. The van der Waals surface area contributed by atoms with Crippen molar-refractivity contribution in [3.8, 4) is 0 Å². The predicted molar refractivity (Wildman–Crippen MR) is 92.3 cm³/mol. The molecule has 1 fully saturated rings. The molecule has 0 unspecified atom stereocenters. The van der Waals surface area contributed by atoms with Crippen LogP contribution in [-0.4, -0.2) is 40.2 Å². The number of hydrogen-bond acceptors (Lipinski definition) is 5. The van der Waals surface area contributed by atoms with Gasteiger partial charge in [-0.2, -0.15) is 0 Å². The van der Waals surface area contributed by atoms with Crippen LogP contribution in [0.1, 0.15) is 12.5 Å². The van der Waals surface area contributed by atoms with Crippen molar-refractivity contribution in [1.29, 1.82) is 0 Å². The average Bonchev–Trinajstić information content (AvgIpc) is 3.05. The molecule has 24 heavy (non-hydrogen) atoms. The molecule has 1 aromatic carbocycles.